The molecule has 0 radical (unpaired) electrons. The van der Waals surface area contributed by atoms with Crippen LogP contribution in [0.3, 0.4) is 0 Å². The summed E-state index contributed by atoms with van der Waals surface area (Å²) in [4.78, 5) is 6.79. The van der Waals surface area contributed by atoms with Crippen LogP contribution in [0.4, 0.5) is 0 Å². The van der Waals surface area contributed by atoms with Crippen molar-refractivity contribution in [2.45, 2.75) is 25.9 Å². The van der Waals surface area contributed by atoms with Gasteiger partial charge in [-0.25, -0.2) is 4.98 Å². The maximum Gasteiger partial charge on any atom is 0.126 e. The lowest BCUT2D eigenvalue weighted by atomic mass is 10.2. The molecule has 19 heavy (non-hydrogen) atoms. The maximum absolute atomic E-state index is 9.57. The Balaban J connectivity index is 2.53. The highest BCUT2D eigenvalue weighted by molar-refractivity contribution is 5.77. The Kier molecular flexibility index (Phi) is 4.07. The molecule has 3 N–H and O–H groups in total. The van der Waals surface area contributed by atoms with Crippen LogP contribution in [-0.4, -0.2) is 40.2 Å². The van der Waals surface area contributed by atoms with Crippen LogP contribution in [0.15, 0.2) is 18.2 Å². The van der Waals surface area contributed by atoms with Gasteiger partial charge in [-0.2, -0.15) is 0 Å². The van der Waals surface area contributed by atoms with Gasteiger partial charge in [-0.05, 0) is 46.1 Å². The summed E-state index contributed by atoms with van der Waals surface area (Å²) in [6.45, 7) is 3.64. The molecule has 1 atom stereocenters. The summed E-state index contributed by atoms with van der Waals surface area (Å²) in [5.74, 6) is 1.26. The molecule has 0 aliphatic rings. The van der Waals surface area contributed by atoms with Gasteiger partial charge in [0.1, 0.15) is 11.6 Å². The molecule has 0 saturated carbocycles. The van der Waals surface area contributed by atoms with Crippen molar-refractivity contribution in [3.8, 4) is 5.75 Å². The highest BCUT2D eigenvalue weighted by atomic mass is 16.3. The van der Waals surface area contributed by atoms with Gasteiger partial charge in [-0.3, -0.25) is 4.90 Å². The van der Waals surface area contributed by atoms with E-state index in [2.05, 4.69) is 21.4 Å². The maximum atomic E-state index is 9.57. The first kappa shape index (κ1) is 13.8. The van der Waals surface area contributed by atoms with Gasteiger partial charge < -0.3 is 15.4 Å². The normalized spacial score (nSPS) is 13.3. The third kappa shape index (κ3) is 2.72. The van der Waals surface area contributed by atoms with Crippen LogP contribution in [0.2, 0.25) is 0 Å². The third-order valence-electron chi connectivity index (χ3n) is 3.50. The standard InChI is InChI=1S/C14H22N4O/c1-10(17(2)3)14-16-12-9-11(19)5-6-13(12)18(14)8-4-7-15/h5-6,9-10,19H,4,7-8,15H2,1-3H3. The lowest BCUT2D eigenvalue weighted by molar-refractivity contribution is 0.301. The predicted octanol–water partition coefficient (Wildman–Crippen LogP) is 1.71. The quantitative estimate of drug-likeness (QED) is 0.861. The first-order valence-corrected chi connectivity index (χ1v) is 6.60. The Morgan fingerprint density at radius 1 is 1.42 bits per heavy atom. The SMILES string of the molecule is CC(c1nc2cc(O)ccc2n1CCCN)N(C)C. The Morgan fingerprint density at radius 2 is 2.16 bits per heavy atom. The summed E-state index contributed by atoms with van der Waals surface area (Å²) < 4.78 is 2.20. The van der Waals surface area contributed by atoms with E-state index in [0.717, 1.165) is 29.8 Å². The van der Waals surface area contributed by atoms with E-state index in [4.69, 9.17) is 5.73 Å². The van der Waals surface area contributed by atoms with Crippen molar-refractivity contribution in [2.24, 2.45) is 5.73 Å². The van der Waals surface area contributed by atoms with Crippen LogP contribution < -0.4 is 5.73 Å². The number of hydrogen-bond acceptors (Lipinski definition) is 4. The molecule has 0 bridgehead atoms. The summed E-state index contributed by atoms with van der Waals surface area (Å²) in [5.41, 5.74) is 7.50. The van der Waals surface area contributed by atoms with Crippen molar-refractivity contribution < 1.29 is 5.11 Å². The molecule has 1 aromatic carbocycles. The highest BCUT2D eigenvalue weighted by Crippen LogP contribution is 2.26. The zero-order chi connectivity index (χ0) is 14.0. The van der Waals surface area contributed by atoms with Gasteiger partial charge in [-0.1, -0.05) is 0 Å². The van der Waals surface area contributed by atoms with Gasteiger partial charge in [0.2, 0.25) is 0 Å². The Labute approximate surface area is 113 Å². The molecule has 2 aromatic rings. The molecule has 5 heteroatoms. The van der Waals surface area contributed by atoms with Crippen molar-refractivity contribution in [1.29, 1.82) is 0 Å². The van der Waals surface area contributed by atoms with Crippen molar-refractivity contribution in [2.75, 3.05) is 20.6 Å². The zero-order valence-electron chi connectivity index (χ0n) is 11.8. The van der Waals surface area contributed by atoms with E-state index in [-0.39, 0.29) is 11.8 Å². The Bertz CT molecular complexity index is 562. The van der Waals surface area contributed by atoms with E-state index in [9.17, 15) is 5.11 Å². The van der Waals surface area contributed by atoms with Crippen LogP contribution in [-0.2, 0) is 6.54 Å². The highest BCUT2D eigenvalue weighted by Gasteiger charge is 2.18. The van der Waals surface area contributed by atoms with Crippen molar-refractivity contribution >= 4 is 11.0 Å². The predicted molar refractivity (Wildman–Crippen MR) is 77.2 cm³/mol. The molecular weight excluding hydrogens is 240 g/mol. The molecular formula is C14H22N4O. The number of phenolic OH excluding ortho intramolecular Hbond substituents is 1. The number of nitrogens with zero attached hydrogens (tertiary/aromatic N) is 3. The largest absolute Gasteiger partial charge is 0.508 e. The van der Waals surface area contributed by atoms with Gasteiger partial charge in [0.15, 0.2) is 0 Å². The van der Waals surface area contributed by atoms with Crippen molar-refractivity contribution in [1.82, 2.24) is 14.5 Å². The molecule has 0 aliphatic carbocycles. The molecule has 5 nitrogen and oxygen atoms in total. The van der Waals surface area contributed by atoms with Gasteiger partial charge in [0.25, 0.3) is 0 Å². The van der Waals surface area contributed by atoms with E-state index < -0.39 is 0 Å². The van der Waals surface area contributed by atoms with Crippen LogP contribution in [0.1, 0.15) is 25.2 Å². The second-order valence-corrected chi connectivity index (χ2v) is 5.08. The summed E-state index contributed by atoms with van der Waals surface area (Å²) in [5, 5.41) is 9.57. The minimum Gasteiger partial charge on any atom is -0.508 e. The monoisotopic (exact) mass is 262 g/mol. The number of aryl methyl sites for hydroxylation is 1. The van der Waals surface area contributed by atoms with Crippen molar-refractivity contribution in [3.05, 3.63) is 24.0 Å². The number of fused-ring (bicyclic) bond motifs is 1. The first-order valence-electron chi connectivity index (χ1n) is 6.60. The zero-order valence-corrected chi connectivity index (χ0v) is 11.8. The molecule has 0 saturated heterocycles. The van der Waals surface area contributed by atoms with Crippen LogP contribution >= 0.6 is 0 Å². The molecule has 2 rings (SSSR count). The van der Waals surface area contributed by atoms with E-state index >= 15 is 0 Å². The molecule has 0 spiro atoms. The van der Waals surface area contributed by atoms with Crippen molar-refractivity contribution in [3.63, 3.8) is 0 Å². The number of hydrogen-bond donors (Lipinski definition) is 2. The molecule has 1 aromatic heterocycles. The average Bonchev–Trinajstić information content (AvgIpc) is 2.72. The number of imidazole rings is 1. The fourth-order valence-corrected chi connectivity index (χ4v) is 2.17. The summed E-state index contributed by atoms with van der Waals surface area (Å²) in [7, 11) is 4.07. The molecule has 104 valence electrons. The second-order valence-electron chi connectivity index (χ2n) is 5.08. The van der Waals surface area contributed by atoms with E-state index in [0.29, 0.717) is 6.54 Å². The number of aromatic nitrogens is 2. The number of aromatic hydroxyl groups is 1. The van der Waals surface area contributed by atoms with E-state index in [1.807, 2.05) is 20.2 Å². The smallest absolute Gasteiger partial charge is 0.126 e. The average molecular weight is 262 g/mol. The molecule has 0 fully saturated rings. The Hall–Kier alpha value is -1.59. The fourth-order valence-electron chi connectivity index (χ4n) is 2.17. The molecule has 0 aliphatic heterocycles. The lowest BCUT2D eigenvalue weighted by Crippen LogP contribution is -2.21. The number of nitrogens with two attached hydrogens (primary N) is 1. The minimum absolute atomic E-state index is 0.215. The van der Waals surface area contributed by atoms with Gasteiger partial charge in [0, 0.05) is 12.6 Å². The van der Waals surface area contributed by atoms with E-state index in [1.54, 1.807) is 12.1 Å². The topological polar surface area (TPSA) is 67.3 Å². The van der Waals surface area contributed by atoms with Crippen LogP contribution in [0.5, 0.6) is 5.75 Å². The Morgan fingerprint density at radius 3 is 2.79 bits per heavy atom. The molecule has 1 unspecified atom stereocenters. The van der Waals surface area contributed by atoms with Crippen LogP contribution in [0, 0.1) is 0 Å². The summed E-state index contributed by atoms with van der Waals surface area (Å²) >= 11 is 0. The molecule has 0 amide bonds. The minimum atomic E-state index is 0.215. The third-order valence-corrected chi connectivity index (χ3v) is 3.50. The summed E-state index contributed by atoms with van der Waals surface area (Å²) in [6, 6.07) is 5.54. The fraction of sp³-hybridized carbons (Fsp3) is 0.500. The van der Waals surface area contributed by atoms with Gasteiger partial charge in [0.05, 0.1) is 17.1 Å². The summed E-state index contributed by atoms with van der Waals surface area (Å²) in [6.07, 6.45) is 0.916. The number of phenols is 1. The van der Waals surface area contributed by atoms with Gasteiger partial charge in [-0.15, -0.1) is 0 Å². The van der Waals surface area contributed by atoms with Crippen LogP contribution in [0.25, 0.3) is 11.0 Å². The molecule has 1 heterocycles. The lowest BCUT2D eigenvalue weighted by Gasteiger charge is -2.20. The van der Waals surface area contributed by atoms with Gasteiger partial charge >= 0.3 is 0 Å². The number of benzene rings is 1. The number of rotatable bonds is 5. The second kappa shape index (κ2) is 5.59. The van der Waals surface area contributed by atoms with E-state index in [1.165, 1.54) is 0 Å². The first-order chi connectivity index (χ1) is 9.04.